The lowest BCUT2D eigenvalue weighted by Gasteiger charge is -2.04. The highest BCUT2D eigenvalue weighted by Gasteiger charge is 2.03. The average Bonchev–Trinajstić information content (AvgIpc) is 2.23. The summed E-state index contributed by atoms with van der Waals surface area (Å²) < 4.78 is 0. The fourth-order valence-corrected chi connectivity index (χ4v) is 1.38. The molecule has 14 heavy (non-hydrogen) atoms. The molecule has 1 heterocycles. The van der Waals surface area contributed by atoms with Gasteiger partial charge in [0, 0.05) is 5.56 Å². The van der Waals surface area contributed by atoms with Crippen LogP contribution >= 0.6 is 0 Å². The van der Waals surface area contributed by atoms with E-state index < -0.39 is 0 Å². The summed E-state index contributed by atoms with van der Waals surface area (Å²) in [6, 6.07) is 11.9. The molecule has 70 valence electrons. The van der Waals surface area contributed by atoms with Crippen molar-refractivity contribution in [3.63, 3.8) is 0 Å². The van der Waals surface area contributed by atoms with E-state index in [1.165, 1.54) is 0 Å². The zero-order valence-electron chi connectivity index (χ0n) is 7.94. The smallest absolute Gasteiger partial charge is 0.146 e. The number of hydrogen-bond donors (Lipinski definition) is 1. The van der Waals surface area contributed by atoms with Gasteiger partial charge in [0.05, 0.1) is 5.69 Å². The largest absolute Gasteiger partial charge is 0.382 e. The van der Waals surface area contributed by atoms with Gasteiger partial charge in [-0.15, -0.1) is 5.10 Å². The molecule has 0 radical (unpaired) electrons. The van der Waals surface area contributed by atoms with Crippen LogP contribution in [0.5, 0.6) is 0 Å². The first-order chi connectivity index (χ1) is 6.77. The van der Waals surface area contributed by atoms with Gasteiger partial charge in [0.1, 0.15) is 5.82 Å². The number of anilines is 1. The minimum Gasteiger partial charge on any atom is -0.382 e. The summed E-state index contributed by atoms with van der Waals surface area (Å²) in [4.78, 5) is 0. The third-order valence-corrected chi connectivity index (χ3v) is 2.08. The van der Waals surface area contributed by atoms with Crippen LogP contribution in [0.1, 0.15) is 5.69 Å². The third kappa shape index (κ3) is 1.57. The monoisotopic (exact) mass is 185 g/mol. The number of aryl methyl sites for hydroxylation is 1. The molecule has 0 aliphatic rings. The van der Waals surface area contributed by atoms with Crippen molar-refractivity contribution in [3.8, 4) is 11.1 Å². The standard InChI is InChI=1S/C11H11N3/c1-8-10(7-11(12)14-13-8)9-5-3-2-4-6-9/h2-7H,1H3,(H2,12,14). The quantitative estimate of drug-likeness (QED) is 0.739. The molecule has 2 rings (SSSR count). The van der Waals surface area contributed by atoms with Crippen molar-refractivity contribution in [2.24, 2.45) is 0 Å². The number of hydrogen-bond acceptors (Lipinski definition) is 3. The van der Waals surface area contributed by atoms with Gasteiger partial charge in [-0.2, -0.15) is 5.10 Å². The van der Waals surface area contributed by atoms with Crippen molar-refractivity contribution < 1.29 is 0 Å². The van der Waals surface area contributed by atoms with E-state index in [0.717, 1.165) is 16.8 Å². The molecule has 0 unspecified atom stereocenters. The van der Waals surface area contributed by atoms with Crippen LogP contribution in [0.3, 0.4) is 0 Å². The number of nitrogens with two attached hydrogens (primary N) is 1. The molecule has 2 aromatic rings. The zero-order chi connectivity index (χ0) is 9.97. The zero-order valence-corrected chi connectivity index (χ0v) is 7.94. The SMILES string of the molecule is Cc1nnc(N)cc1-c1ccccc1. The van der Waals surface area contributed by atoms with Crippen LogP contribution in [0.2, 0.25) is 0 Å². The molecule has 2 N–H and O–H groups in total. The van der Waals surface area contributed by atoms with Gasteiger partial charge >= 0.3 is 0 Å². The molecule has 0 amide bonds. The molecule has 0 aliphatic heterocycles. The molecule has 0 fully saturated rings. The summed E-state index contributed by atoms with van der Waals surface area (Å²) in [5.74, 6) is 0.453. The van der Waals surface area contributed by atoms with Crippen LogP contribution in [0.15, 0.2) is 36.4 Å². The fourth-order valence-electron chi connectivity index (χ4n) is 1.38. The molecule has 1 aromatic heterocycles. The number of benzene rings is 1. The molecule has 0 saturated carbocycles. The molecule has 0 spiro atoms. The van der Waals surface area contributed by atoms with Gasteiger partial charge < -0.3 is 5.73 Å². The van der Waals surface area contributed by atoms with E-state index >= 15 is 0 Å². The van der Waals surface area contributed by atoms with Crippen LogP contribution in [-0.4, -0.2) is 10.2 Å². The van der Waals surface area contributed by atoms with Gasteiger partial charge in [0.25, 0.3) is 0 Å². The minimum atomic E-state index is 0.453. The van der Waals surface area contributed by atoms with E-state index in [2.05, 4.69) is 10.2 Å². The maximum absolute atomic E-state index is 5.59. The highest BCUT2D eigenvalue weighted by atomic mass is 15.1. The summed E-state index contributed by atoms with van der Waals surface area (Å²) in [5.41, 5.74) is 8.64. The lowest BCUT2D eigenvalue weighted by Crippen LogP contribution is -1.96. The van der Waals surface area contributed by atoms with E-state index in [9.17, 15) is 0 Å². The predicted octanol–water partition coefficient (Wildman–Crippen LogP) is 2.03. The Bertz CT molecular complexity index is 438. The summed E-state index contributed by atoms with van der Waals surface area (Å²) in [6.45, 7) is 1.93. The van der Waals surface area contributed by atoms with Gasteiger partial charge in [0.2, 0.25) is 0 Å². The molecule has 0 saturated heterocycles. The number of rotatable bonds is 1. The first-order valence-corrected chi connectivity index (χ1v) is 4.42. The van der Waals surface area contributed by atoms with Gasteiger partial charge in [0.15, 0.2) is 0 Å². The van der Waals surface area contributed by atoms with Crippen LogP contribution < -0.4 is 5.73 Å². The average molecular weight is 185 g/mol. The second-order valence-electron chi connectivity index (χ2n) is 3.13. The summed E-state index contributed by atoms with van der Waals surface area (Å²) >= 11 is 0. The molecular weight excluding hydrogens is 174 g/mol. The summed E-state index contributed by atoms with van der Waals surface area (Å²) in [7, 11) is 0. The van der Waals surface area contributed by atoms with E-state index in [4.69, 9.17) is 5.73 Å². The summed E-state index contributed by atoms with van der Waals surface area (Å²) in [6.07, 6.45) is 0. The molecule has 0 atom stereocenters. The Kier molecular flexibility index (Phi) is 2.14. The van der Waals surface area contributed by atoms with E-state index in [1.807, 2.05) is 43.3 Å². The van der Waals surface area contributed by atoms with Gasteiger partial charge in [-0.25, -0.2) is 0 Å². The summed E-state index contributed by atoms with van der Waals surface area (Å²) in [5, 5.41) is 7.77. The van der Waals surface area contributed by atoms with Crippen molar-refractivity contribution in [1.29, 1.82) is 0 Å². The van der Waals surface area contributed by atoms with Crippen molar-refractivity contribution in [3.05, 3.63) is 42.1 Å². The Morgan fingerprint density at radius 2 is 1.79 bits per heavy atom. The highest BCUT2D eigenvalue weighted by molar-refractivity contribution is 5.67. The predicted molar refractivity (Wildman–Crippen MR) is 56.6 cm³/mol. The fraction of sp³-hybridized carbons (Fsp3) is 0.0909. The minimum absolute atomic E-state index is 0.453. The first kappa shape index (κ1) is 8.69. The highest BCUT2D eigenvalue weighted by Crippen LogP contribution is 2.22. The van der Waals surface area contributed by atoms with Crippen LogP contribution in [0.4, 0.5) is 5.82 Å². The second kappa shape index (κ2) is 3.46. The Morgan fingerprint density at radius 3 is 2.50 bits per heavy atom. The van der Waals surface area contributed by atoms with Gasteiger partial charge in [-0.3, -0.25) is 0 Å². The molecular formula is C11H11N3. The second-order valence-corrected chi connectivity index (χ2v) is 3.13. The maximum Gasteiger partial charge on any atom is 0.146 e. The lowest BCUT2D eigenvalue weighted by atomic mass is 10.1. The van der Waals surface area contributed by atoms with Crippen molar-refractivity contribution in [2.45, 2.75) is 6.92 Å². The van der Waals surface area contributed by atoms with Crippen LogP contribution in [-0.2, 0) is 0 Å². The Labute approximate surface area is 82.6 Å². The number of nitrogens with zero attached hydrogens (tertiary/aromatic N) is 2. The van der Waals surface area contributed by atoms with Crippen molar-refractivity contribution >= 4 is 5.82 Å². The van der Waals surface area contributed by atoms with Gasteiger partial charge in [-0.05, 0) is 18.6 Å². The molecule has 3 nitrogen and oxygen atoms in total. The molecule has 3 heteroatoms. The van der Waals surface area contributed by atoms with Crippen molar-refractivity contribution in [2.75, 3.05) is 5.73 Å². The lowest BCUT2D eigenvalue weighted by molar-refractivity contribution is 0.993. The Morgan fingerprint density at radius 1 is 1.07 bits per heavy atom. The van der Waals surface area contributed by atoms with E-state index in [1.54, 1.807) is 0 Å². The van der Waals surface area contributed by atoms with Crippen LogP contribution in [0.25, 0.3) is 11.1 Å². The third-order valence-electron chi connectivity index (χ3n) is 2.08. The normalized spacial score (nSPS) is 10.1. The molecule has 0 aliphatic carbocycles. The molecule has 0 bridgehead atoms. The first-order valence-electron chi connectivity index (χ1n) is 4.42. The maximum atomic E-state index is 5.59. The van der Waals surface area contributed by atoms with E-state index in [-0.39, 0.29) is 0 Å². The Balaban J connectivity index is 2.57. The number of nitrogen functional groups attached to an aromatic ring is 1. The van der Waals surface area contributed by atoms with Crippen LogP contribution in [0, 0.1) is 6.92 Å². The number of aromatic nitrogens is 2. The van der Waals surface area contributed by atoms with E-state index in [0.29, 0.717) is 5.82 Å². The van der Waals surface area contributed by atoms with Gasteiger partial charge in [-0.1, -0.05) is 30.3 Å². The Hall–Kier alpha value is -1.90. The van der Waals surface area contributed by atoms with Crippen molar-refractivity contribution in [1.82, 2.24) is 10.2 Å². The molecule has 1 aromatic carbocycles. The topological polar surface area (TPSA) is 51.8 Å².